The fourth-order valence-corrected chi connectivity index (χ4v) is 4.08. The van der Waals surface area contributed by atoms with Gasteiger partial charge in [0.1, 0.15) is 0 Å². The van der Waals surface area contributed by atoms with Crippen molar-refractivity contribution in [3.05, 3.63) is 70.7 Å². The molecule has 0 saturated carbocycles. The minimum atomic E-state index is -0.156. The number of carbonyl (C=O) groups excluding carboxylic acids is 2. The van der Waals surface area contributed by atoms with Gasteiger partial charge in [-0.05, 0) is 17.2 Å². The minimum absolute atomic E-state index is 0.130. The van der Waals surface area contributed by atoms with Gasteiger partial charge in [0.25, 0.3) is 0 Å². The van der Waals surface area contributed by atoms with Crippen molar-refractivity contribution in [1.82, 2.24) is 15.5 Å². The van der Waals surface area contributed by atoms with Gasteiger partial charge < -0.3 is 10.6 Å². The summed E-state index contributed by atoms with van der Waals surface area (Å²) in [5.74, 6) is -0.0806. The van der Waals surface area contributed by atoms with E-state index < -0.39 is 0 Å². The lowest BCUT2D eigenvalue weighted by Crippen LogP contribution is -2.24. The smallest absolute Gasteiger partial charge is 0.230 e. The summed E-state index contributed by atoms with van der Waals surface area (Å²) in [6, 6.07) is 16.8. The number of benzene rings is 2. The summed E-state index contributed by atoms with van der Waals surface area (Å²) >= 11 is 8.58. The molecule has 144 valence electrons. The molecule has 0 radical (unpaired) electrons. The molecule has 28 heavy (non-hydrogen) atoms. The summed E-state index contributed by atoms with van der Waals surface area (Å²) in [6.45, 7) is 0.371. The molecule has 3 rings (SSSR count). The number of carbonyl (C=O) groups is 2. The van der Waals surface area contributed by atoms with Crippen molar-refractivity contribution in [3.8, 4) is 0 Å². The molecule has 0 unspecified atom stereocenters. The molecule has 1 heterocycles. The van der Waals surface area contributed by atoms with Crippen molar-refractivity contribution in [1.29, 1.82) is 0 Å². The molecule has 0 aliphatic carbocycles. The highest BCUT2D eigenvalue weighted by Gasteiger charge is 2.11. The van der Waals surface area contributed by atoms with Crippen molar-refractivity contribution in [2.45, 2.75) is 17.3 Å². The molecule has 0 saturated heterocycles. The first-order valence-corrected chi connectivity index (χ1v) is 10.6. The Balaban J connectivity index is 1.42. The van der Waals surface area contributed by atoms with Gasteiger partial charge in [-0.25, -0.2) is 0 Å². The summed E-state index contributed by atoms with van der Waals surface area (Å²) in [6.07, 6.45) is 0.271. The van der Waals surface area contributed by atoms with E-state index in [0.29, 0.717) is 21.0 Å². The van der Waals surface area contributed by atoms with Gasteiger partial charge in [0.05, 0.1) is 12.2 Å². The first kappa shape index (κ1) is 20.3. The highest BCUT2D eigenvalue weighted by atomic mass is 35.5. The number of anilines is 1. The van der Waals surface area contributed by atoms with E-state index in [1.54, 1.807) is 6.07 Å². The quantitative estimate of drug-likeness (QED) is 0.418. The maximum absolute atomic E-state index is 12.1. The van der Waals surface area contributed by atoms with Crippen LogP contribution in [-0.2, 0) is 22.6 Å². The number of aromatic nitrogens is 2. The Morgan fingerprint density at radius 2 is 1.75 bits per heavy atom. The Kier molecular flexibility index (Phi) is 7.41. The van der Waals surface area contributed by atoms with Gasteiger partial charge in [0.15, 0.2) is 4.34 Å². The summed E-state index contributed by atoms with van der Waals surface area (Å²) in [5.41, 5.74) is 1.79. The molecule has 0 fully saturated rings. The molecule has 9 heteroatoms. The molecular weight excluding hydrogens is 416 g/mol. The second-order valence-corrected chi connectivity index (χ2v) is 8.35. The van der Waals surface area contributed by atoms with Crippen LogP contribution in [0.15, 0.2) is 58.9 Å². The highest BCUT2D eigenvalue weighted by molar-refractivity contribution is 8.01. The normalized spacial score (nSPS) is 10.5. The number of nitrogens with zero attached hydrogens (tertiary/aromatic N) is 2. The van der Waals surface area contributed by atoms with Crippen molar-refractivity contribution in [3.63, 3.8) is 0 Å². The Labute approximate surface area is 175 Å². The van der Waals surface area contributed by atoms with E-state index in [9.17, 15) is 9.59 Å². The molecule has 0 aliphatic rings. The number of rotatable bonds is 8. The number of amides is 2. The maximum atomic E-state index is 12.1. The predicted octanol–water partition coefficient (Wildman–Crippen LogP) is 3.78. The molecule has 0 atom stereocenters. The fourth-order valence-electron chi connectivity index (χ4n) is 2.28. The molecule has 0 bridgehead atoms. The second kappa shape index (κ2) is 10.2. The number of thioether (sulfide) groups is 1. The minimum Gasteiger partial charge on any atom is -0.351 e. The molecule has 1 aromatic heterocycles. The van der Waals surface area contributed by atoms with Crippen LogP contribution < -0.4 is 10.6 Å². The zero-order valence-corrected chi connectivity index (χ0v) is 17.1. The average molecular weight is 433 g/mol. The van der Waals surface area contributed by atoms with Gasteiger partial charge in [-0.2, -0.15) is 0 Å². The standard InChI is InChI=1S/C19H17ClN4O2S2/c20-15-9-5-4-8-14(15)11-21-17(26)12-27-19-24-23-18(28-19)22-16(25)10-13-6-2-1-3-7-13/h1-9H,10-12H2,(H,21,26)(H,22,23,25). The van der Waals surface area contributed by atoms with Gasteiger partial charge >= 0.3 is 0 Å². The van der Waals surface area contributed by atoms with E-state index in [1.165, 1.54) is 23.1 Å². The average Bonchev–Trinajstić information content (AvgIpc) is 3.13. The molecule has 2 N–H and O–H groups in total. The molecule has 0 spiro atoms. The first-order valence-electron chi connectivity index (χ1n) is 8.40. The van der Waals surface area contributed by atoms with E-state index in [-0.39, 0.29) is 24.0 Å². The van der Waals surface area contributed by atoms with Crippen LogP contribution >= 0.6 is 34.7 Å². The van der Waals surface area contributed by atoms with Crippen LogP contribution in [0, 0.1) is 0 Å². The Hall–Kier alpha value is -2.42. The third kappa shape index (κ3) is 6.33. The van der Waals surface area contributed by atoms with Crippen LogP contribution in [0.4, 0.5) is 5.13 Å². The third-order valence-corrected chi connectivity index (χ3v) is 5.96. The lowest BCUT2D eigenvalue weighted by Gasteiger charge is -2.05. The van der Waals surface area contributed by atoms with Gasteiger partial charge in [-0.3, -0.25) is 9.59 Å². The Morgan fingerprint density at radius 1 is 1.00 bits per heavy atom. The molecule has 2 amide bonds. The monoisotopic (exact) mass is 432 g/mol. The van der Waals surface area contributed by atoms with Gasteiger partial charge in [-0.1, -0.05) is 83.2 Å². The SMILES string of the molecule is O=C(CSc1nnc(NC(=O)Cc2ccccc2)s1)NCc1ccccc1Cl. The van der Waals surface area contributed by atoms with Crippen LogP contribution in [0.5, 0.6) is 0 Å². The van der Waals surface area contributed by atoms with Crippen molar-refractivity contribution >= 4 is 51.6 Å². The maximum Gasteiger partial charge on any atom is 0.230 e. The molecule has 2 aromatic carbocycles. The number of hydrogen-bond donors (Lipinski definition) is 2. The van der Waals surface area contributed by atoms with Crippen molar-refractivity contribution in [2.75, 3.05) is 11.1 Å². The van der Waals surface area contributed by atoms with Gasteiger partial charge in [0, 0.05) is 11.6 Å². The van der Waals surface area contributed by atoms with E-state index in [1.807, 2.05) is 48.5 Å². The summed E-state index contributed by atoms with van der Waals surface area (Å²) < 4.78 is 0.614. The predicted molar refractivity (Wildman–Crippen MR) is 113 cm³/mol. The van der Waals surface area contributed by atoms with Crippen molar-refractivity contribution < 1.29 is 9.59 Å². The van der Waals surface area contributed by atoms with Crippen LogP contribution in [0.25, 0.3) is 0 Å². The van der Waals surface area contributed by atoms with Crippen LogP contribution in [0.1, 0.15) is 11.1 Å². The summed E-state index contributed by atoms with van der Waals surface area (Å²) in [4.78, 5) is 24.1. The molecule has 0 aliphatic heterocycles. The van der Waals surface area contributed by atoms with E-state index >= 15 is 0 Å². The summed E-state index contributed by atoms with van der Waals surface area (Å²) in [7, 11) is 0. The zero-order valence-electron chi connectivity index (χ0n) is 14.7. The molecule has 3 aromatic rings. The second-order valence-electron chi connectivity index (χ2n) is 5.74. The van der Waals surface area contributed by atoms with E-state index in [4.69, 9.17) is 11.6 Å². The highest BCUT2D eigenvalue weighted by Crippen LogP contribution is 2.25. The van der Waals surface area contributed by atoms with Crippen LogP contribution in [-0.4, -0.2) is 27.8 Å². The van der Waals surface area contributed by atoms with E-state index in [0.717, 1.165) is 11.1 Å². The molecule has 6 nitrogen and oxygen atoms in total. The summed E-state index contributed by atoms with van der Waals surface area (Å²) in [5, 5.41) is 14.5. The van der Waals surface area contributed by atoms with Crippen molar-refractivity contribution in [2.24, 2.45) is 0 Å². The Morgan fingerprint density at radius 3 is 2.54 bits per heavy atom. The lowest BCUT2D eigenvalue weighted by atomic mass is 10.1. The van der Waals surface area contributed by atoms with Gasteiger partial charge in [-0.15, -0.1) is 10.2 Å². The third-order valence-electron chi connectivity index (χ3n) is 3.62. The number of halogens is 1. The largest absolute Gasteiger partial charge is 0.351 e. The van der Waals surface area contributed by atoms with Crippen LogP contribution in [0.3, 0.4) is 0 Å². The Bertz CT molecular complexity index is 950. The van der Waals surface area contributed by atoms with E-state index in [2.05, 4.69) is 20.8 Å². The fraction of sp³-hybridized carbons (Fsp3) is 0.158. The zero-order chi connectivity index (χ0) is 19.8. The topological polar surface area (TPSA) is 84.0 Å². The lowest BCUT2D eigenvalue weighted by molar-refractivity contribution is -0.118. The van der Waals surface area contributed by atoms with Crippen LogP contribution in [0.2, 0.25) is 5.02 Å². The molecular formula is C19H17ClN4O2S2. The number of nitrogens with one attached hydrogen (secondary N) is 2. The number of hydrogen-bond acceptors (Lipinski definition) is 6. The van der Waals surface area contributed by atoms with Gasteiger partial charge in [0.2, 0.25) is 16.9 Å². The first-order chi connectivity index (χ1) is 13.6.